The monoisotopic (exact) mass is 401 g/mol. The van der Waals surface area contributed by atoms with Crippen molar-refractivity contribution in [2.45, 2.75) is 18.9 Å². The van der Waals surface area contributed by atoms with Crippen molar-refractivity contribution in [1.82, 2.24) is 15.1 Å². The summed E-state index contributed by atoms with van der Waals surface area (Å²) in [6, 6.07) is 10.6. The van der Waals surface area contributed by atoms with Crippen LogP contribution in [0.5, 0.6) is 0 Å². The van der Waals surface area contributed by atoms with Crippen molar-refractivity contribution < 1.29 is 4.79 Å². The van der Waals surface area contributed by atoms with Crippen LogP contribution in [-0.2, 0) is 4.79 Å². The third-order valence-corrected chi connectivity index (χ3v) is 7.41. The van der Waals surface area contributed by atoms with Gasteiger partial charge in [0.25, 0.3) is 0 Å². The zero-order valence-corrected chi connectivity index (χ0v) is 17.9. The van der Waals surface area contributed by atoms with Crippen molar-refractivity contribution >= 4 is 12.0 Å². The second-order valence-corrected chi connectivity index (χ2v) is 9.31. The van der Waals surface area contributed by atoms with Gasteiger partial charge in [-0.15, -0.1) is 0 Å². The van der Waals surface area contributed by atoms with Crippen molar-refractivity contribution in [3.63, 3.8) is 0 Å². The Labute approximate surface area is 179 Å². The quantitative estimate of drug-likeness (QED) is 0.782. The summed E-state index contributed by atoms with van der Waals surface area (Å²) >= 11 is 0. The van der Waals surface area contributed by atoms with Crippen LogP contribution in [0.1, 0.15) is 18.4 Å². The lowest BCUT2D eigenvalue weighted by molar-refractivity contribution is -0.116. The van der Waals surface area contributed by atoms with Gasteiger partial charge in [0.2, 0.25) is 5.91 Å². The average Bonchev–Trinajstić information content (AvgIpc) is 3.09. The highest BCUT2D eigenvalue weighted by Gasteiger charge is 2.49. The molecule has 30 heavy (non-hydrogen) atoms. The molecule has 2 unspecified atom stereocenters. The summed E-state index contributed by atoms with van der Waals surface area (Å²) < 4.78 is 0. The molecule has 5 atom stereocenters. The molecule has 4 aliphatic rings. The summed E-state index contributed by atoms with van der Waals surface area (Å²) in [5, 5.41) is 3.15. The van der Waals surface area contributed by atoms with Crippen molar-refractivity contribution in [2.75, 3.05) is 27.2 Å². The molecular formula is C26H31N3O. The van der Waals surface area contributed by atoms with Crippen LogP contribution in [0.2, 0.25) is 0 Å². The first-order valence-corrected chi connectivity index (χ1v) is 11.1. The Balaban J connectivity index is 1.23. The number of piperidine rings is 1. The number of hydrogen-bond donors (Lipinski definition) is 1. The lowest BCUT2D eigenvalue weighted by Crippen LogP contribution is -2.54. The number of nitrogens with one attached hydrogen (secondary N) is 1. The molecule has 0 radical (unpaired) electrons. The van der Waals surface area contributed by atoms with Crippen LogP contribution in [0.3, 0.4) is 0 Å². The number of hydrogen-bond acceptors (Lipinski definition) is 3. The lowest BCUT2D eigenvalue weighted by Gasteiger charge is -2.51. The number of carbonyl (C=O) groups excluding carboxylic acids is 1. The third-order valence-electron chi connectivity index (χ3n) is 7.41. The number of rotatable bonds is 4. The highest BCUT2D eigenvalue weighted by molar-refractivity contribution is 5.91. The van der Waals surface area contributed by atoms with Gasteiger partial charge in [0, 0.05) is 50.1 Å². The minimum absolute atomic E-state index is 0.00214. The fraction of sp³-hybridized carbons (Fsp3) is 0.423. The van der Waals surface area contributed by atoms with Gasteiger partial charge >= 0.3 is 0 Å². The first-order valence-electron chi connectivity index (χ1n) is 11.1. The Bertz CT molecular complexity index is 929. The number of carbonyl (C=O) groups is 1. The van der Waals surface area contributed by atoms with Gasteiger partial charge in [-0.05, 0) is 60.9 Å². The molecule has 4 nitrogen and oxygen atoms in total. The molecular weight excluding hydrogens is 370 g/mol. The smallest absolute Gasteiger partial charge is 0.244 e. The number of nitrogens with zero attached hydrogens (tertiary/aromatic N) is 2. The van der Waals surface area contributed by atoms with Crippen LogP contribution in [0, 0.1) is 23.7 Å². The van der Waals surface area contributed by atoms with Gasteiger partial charge in [-0.1, -0.05) is 42.5 Å². The second kappa shape index (κ2) is 7.92. The van der Waals surface area contributed by atoms with E-state index in [0.29, 0.717) is 29.7 Å². The molecule has 1 N–H and O–H groups in total. The number of allylic oxidation sites excluding steroid dienone is 4. The maximum atomic E-state index is 12.3. The number of fused-ring (bicyclic) bond motifs is 2. The summed E-state index contributed by atoms with van der Waals surface area (Å²) in [6.07, 6.45) is 15.2. The highest BCUT2D eigenvalue weighted by Crippen LogP contribution is 2.52. The van der Waals surface area contributed by atoms with E-state index in [1.165, 1.54) is 18.5 Å². The summed E-state index contributed by atoms with van der Waals surface area (Å²) in [6.45, 7) is 1.80. The maximum absolute atomic E-state index is 12.3. The van der Waals surface area contributed by atoms with Gasteiger partial charge in [0.1, 0.15) is 0 Å². The summed E-state index contributed by atoms with van der Waals surface area (Å²) in [5.74, 6) is 2.30. The minimum Gasteiger partial charge on any atom is -0.354 e. The zero-order valence-electron chi connectivity index (χ0n) is 17.9. The molecule has 5 rings (SSSR count). The van der Waals surface area contributed by atoms with Crippen LogP contribution in [0.4, 0.5) is 0 Å². The Morgan fingerprint density at radius 1 is 1.23 bits per heavy atom. The summed E-state index contributed by atoms with van der Waals surface area (Å²) in [4.78, 5) is 17.2. The largest absolute Gasteiger partial charge is 0.354 e. The summed E-state index contributed by atoms with van der Waals surface area (Å²) in [5.41, 5.74) is 4.11. The fourth-order valence-electron chi connectivity index (χ4n) is 6.08. The normalized spacial score (nSPS) is 32.5. The fourth-order valence-corrected chi connectivity index (χ4v) is 6.08. The highest BCUT2D eigenvalue weighted by atomic mass is 16.1. The van der Waals surface area contributed by atoms with E-state index >= 15 is 0 Å². The van der Waals surface area contributed by atoms with Crippen molar-refractivity contribution in [1.29, 1.82) is 0 Å². The molecule has 1 saturated carbocycles. The van der Waals surface area contributed by atoms with Crippen LogP contribution >= 0.6 is 0 Å². The molecule has 2 aliphatic carbocycles. The molecule has 2 heterocycles. The number of benzene rings is 1. The van der Waals surface area contributed by atoms with E-state index in [-0.39, 0.29) is 5.91 Å². The molecule has 1 saturated heterocycles. The molecule has 4 heteroatoms. The van der Waals surface area contributed by atoms with Gasteiger partial charge in [0.05, 0.1) is 0 Å². The molecule has 1 amide bonds. The maximum Gasteiger partial charge on any atom is 0.244 e. The Morgan fingerprint density at radius 3 is 2.90 bits per heavy atom. The first kappa shape index (κ1) is 19.4. The van der Waals surface area contributed by atoms with Gasteiger partial charge in [-0.2, -0.15) is 0 Å². The topological polar surface area (TPSA) is 35.6 Å². The van der Waals surface area contributed by atoms with Gasteiger partial charge < -0.3 is 15.1 Å². The Morgan fingerprint density at radius 2 is 2.07 bits per heavy atom. The SMILES string of the molecule is CN1C=C2C[C@@H]3[C@H](C[C@@H](CNC(=O)/C=C/c4ccccc4)CN3C)C3C=CC=C1C23. The average molecular weight is 402 g/mol. The van der Waals surface area contributed by atoms with Crippen LogP contribution in [0.25, 0.3) is 6.08 Å². The minimum atomic E-state index is -0.00214. The predicted octanol–water partition coefficient (Wildman–Crippen LogP) is 3.67. The molecule has 1 aromatic carbocycles. The Kier molecular flexibility index (Phi) is 5.11. The van der Waals surface area contributed by atoms with E-state index in [4.69, 9.17) is 0 Å². The van der Waals surface area contributed by atoms with Crippen LogP contribution in [-0.4, -0.2) is 48.9 Å². The van der Waals surface area contributed by atoms with E-state index in [1.807, 2.05) is 36.4 Å². The van der Waals surface area contributed by atoms with E-state index in [9.17, 15) is 4.79 Å². The zero-order chi connectivity index (χ0) is 20.7. The van der Waals surface area contributed by atoms with E-state index in [2.05, 4.69) is 53.6 Å². The molecule has 0 aromatic heterocycles. The molecule has 2 fully saturated rings. The third kappa shape index (κ3) is 3.54. The van der Waals surface area contributed by atoms with Crippen molar-refractivity contribution in [2.24, 2.45) is 23.7 Å². The van der Waals surface area contributed by atoms with E-state index in [0.717, 1.165) is 18.7 Å². The Hall–Kier alpha value is -2.59. The molecule has 0 spiro atoms. The first-order chi connectivity index (χ1) is 14.6. The molecule has 0 bridgehead atoms. The molecule has 2 aliphatic heterocycles. The lowest BCUT2D eigenvalue weighted by atomic mass is 9.61. The van der Waals surface area contributed by atoms with E-state index in [1.54, 1.807) is 11.6 Å². The van der Waals surface area contributed by atoms with Crippen molar-refractivity contribution in [3.8, 4) is 0 Å². The number of amides is 1. The van der Waals surface area contributed by atoms with Gasteiger partial charge in [-0.25, -0.2) is 0 Å². The van der Waals surface area contributed by atoms with E-state index < -0.39 is 0 Å². The predicted molar refractivity (Wildman–Crippen MR) is 121 cm³/mol. The second-order valence-electron chi connectivity index (χ2n) is 9.31. The molecule has 1 aromatic rings. The van der Waals surface area contributed by atoms with Crippen molar-refractivity contribution in [3.05, 3.63) is 77.7 Å². The molecule has 156 valence electrons. The van der Waals surface area contributed by atoms with Crippen LogP contribution < -0.4 is 5.32 Å². The van der Waals surface area contributed by atoms with Gasteiger partial charge in [-0.3, -0.25) is 4.79 Å². The van der Waals surface area contributed by atoms with Gasteiger partial charge in [0.15, 0.2) is 0 Å². The summed E-state index contributed by atoms with van der Waals surface area (Å²) in [7, 11) is 4.45. The number of likely N-dealkylation sites (tertiary alicyclic amines) is 1. The standard InChI is InChI=1S/C26H31N3O/c1-28-16-19(15-27-25(30)12-11-18-7-4-3-5-8-18)13-22-21-9-6-10-23-26(21)20(14-24(22)28)17-29(23)2/h3-12,17,19,21-22,24,26H,13-16H2,1-2H3,(H,27,30)/b12-11+/t19-,21?,22+,24+,26?/m0/s1. The van der Waals surface area contributed by atoms with Crippen LogP contribution in [0.15, 0.2) is 72.1 Å².